The molecule has 2 aromatic heterocycles. The van der Waals surface area contributed by atoms with Gasteiger partial charge in [0, 0.05) is 28.9 Å². The maximum absolute atomic E-state index is 12.0. The molecule has 3 heterocycles. The van der Waals surface area contributed by atoms with Gasteiger partial charge in [0.25, 0.3) is 0 Å². The van der Waals surface area contributed by atoms with Crippen LogP contribution in [0.1, 0.15) is 30.1 Å². The summed E-state index contributed by atoms with van der Waals surface area (Å²) in [6.45, 7) is 3.24. The Hall–Kier alpha value is -3.34. The number of hydrogen-bond acceptors (Lipinski definition) is 5. The van der Waals surface area contributed by atoms with Gasteiger partial charge in [-0.15, -0.1) is 0 Å². The summed E-state index contributed by atoms with van der Waals surface area (Å²) in [5.41, 5.74) is 5.22. The van der Waals surface area contributed by atoms with E-state index in [0.717, 1.165) is 58.2 Å². The minimum Gasteiger partial charge on any atom is -0.465 e. The predicted octanol–water partition coefficient (Wildman–Crippen LogP) is 5.42. The molecule has 0 bridgehead atoms. The van der Waals surface area contributed by atoms with Crippen molar-refractivity contribution >= 4 is 33.5 Å². The number of rotatable bonds is 3. The summed E-state index contributed by atoms with van der Waals surface area (Å²) in [5.74, 6) is -0.340. The van der Waals surface area contributed by atoms with Crippen molar-refractivity contribution in [1.29, 1.82) is 0 Å². The van der Waals surface area contributed by atoms with E-state index in [0.29, 0.717) is 11.6 Å². The molecule has 0 unspecified atom stereocenters. The number of pyridine rings is 1. The van der Waals surface area contributed by atoms with Crippen LogP contribution in [0.3, 0.4) is 0 Å². The van der Waals surface area contributed by atoms with E-state index in [1.165, 1.54) is 7.11 Å². The Morgan fingerprint density at radius 3 is 2.86 bits per heavy atom. The van der Waals surface area contributed by atoms with Crippen molar-refractivity contribution < 1.29 is 13.9 Å². The maximum Gasteiger partial charge on any atom is 0.337 e. The molecule has 5 rings (SSSR count). The molecule has 2 aromatic carbocycles. The van der Waals surface area contributed by atoms with Crippen LogP contribution in [-0.4, -0.2) is 30.6 Å². The van der Waals surface area contributed by atoms with Crippen LogP contribution in [0.2, 0.25) is 0 Å². The Morgan fingerprint density at radius 2 is 2.07 bits per heavy atom. The fraction of sp³-hybridized carbons (Fsp3) is 0.250. The molecule has 0 radical (unpaired) electrons. The second-order valence-corrected chi connectivity index (χ2v) is 7.59. The van der Waals surface area contributed by atoms with Gasteiger partial charge in [0.15, 0.2) is 0 Å². The summed E-state index contributed by atoms with van der Waals surface area (Å²) in [4.78, 5) is 19.4. The normalized spacial score (nSPS) is 16.6. The van der Waals surface area contributed by atoms with Crippen LogP contribution >= 0.6 is 0 Å². The highest BCUT2D eigenvalue weighted by atomic mass is 16.5. The minimum atomic E-state index is -0.340. The smallest absolute Gasteiger partial charge is 0.337 e. The lowest BCUT2D eigenvalue weighted by atomic mass is 10.0. The van der Waals surface area contributed by atoms with Gasteiger partial charge in [0.05, 0.1) is 29.6 Å². The second-order valence-electron chi connectivity index (χ2n) is 7.59. The molecule has 1 saturated heterocycles. The first-order valence-electron chi connectivity index (χ1n) is 9.92. The van der Waals surface area contributed by atoms with Gasteiger partial charge in [-0.1, -0.05) is 18.2 Å². The lowest BCUT2D eigenvalue weighted by Gasteiger charge is -2.26. The predicted molar refractivity (Wildman–Crippen MR) is 114 cm³/mol. The largest absolute Gasteiger partial charge is 0.465 e. The van der Waals surface area contributed by atoms with Crippen molar-refractivity contribution in [3.8, 4) is 11.3 Å². The highest BCUT2D eigenvalue weighted by Gasteiger charge is 2.26. The number of nitrogens with zero attached hydrogens (tertiary/aromatic N) is 2. The minimum absolute atomic E-state index is 0.340. The van der Waals surface area contributed by atoms with Gasteiger partial charge in [0.1, 0.15) is 11.8 Å². The summed E-state index contributed by atoms with van der Waals surface area (Å²) < 4.78 is 10.7. The van der Waals surface area contributed by atoms with E-state index in [9.17, 15) is 4.79 Å². The van der Waals surface area contributed by atoms with Gasteiger partial charge in [-0.25, -0.2) is 9.78 Å². The molecule has 0 aliphatic carbocycles. The SMILES string of the molecule is COC(=O)c1ccc2nc(-c3coc4ccccc34)c(N3CCC[C@@H]3C)cc2c1. The van der Waals surface area contributed by atoms with E-state index in [-0.39, 0.29) is 5.97 Å². The van der Waals surface area contributed by atoms with Crippen molar-refractivity contribution in [3.63, 3.8) is 0 Å². The highest BCUT2D eigenvalue weighted by Crippen LogP contribution is 2.39. The molecule has 0 amide bonds. The second kappa shape index (κ2) is 6.92. The van der Waals surface area contributed by atoms with Crippen LogP contribution in [0, 0.1) is 0 Å². The molecule has 1 fully saturated rings. The van der Waals surface area contributed by atoms with Gasteiger partial charge < -0.3 is 14.1 Å². The maximum atomic E-state index is 12.0. The first-order valence-corrected chi connectivity index (χ1v) is 9.92. The van der Waals surface area contributed by atoms with Crippen molar-refractivity contribution in [2.24, 2.45) is 0 Å². The third-order valence-corrected chi connectivity index (χ3v) is 5.81. The fourth-order valence-corrected chi connectivity index (χ4v) is 4.28. The Morgan fingerprint density at radius 1 is 1.21 bits per heavy atom. The van der Waals surface area contributed by atoms with E-state index in [2.05, 4.69) is 24.0 Å². The van der Waals surface area contributed by atoms with Crippen LogP contribution in [0.15, 0.2) is 59.2 Å². The number of carbonyl (C=O) groups excluding carboxylic acids is 1. The van der Waals surface area contributed by atoms with E-state index >= 15 is 0 Å². The molecule has 5 heteroatoms. The van der Waals surface area contributed by atoms with Crippen LogP contribution in [0.25, 0.3) is 33.1 Å². The molecule has 1 aliphatic heterocycles. The number of anilines is 1. The number of hydrogen-bond donors (Lipinski definition) is 0. The molecule has 5 nitrogen and oxygen atoms in total. The molecular formula is C24H22N2O3. The number of para-hydroxylation sites is 1. The lowest BCUT2D eigenvalue weighted by molar-refractivity contribution is 0.0601. The molecule has 0 N–H and O–H groups in total. The first-order chi connectivity index (χ1) is 14.2. The summed E-state index contributed by atoms with van der Waals surface area (Å²) in [7, 11) is 1.40. The average molecular weight is 386 g/mol. The van der Waals surface area contributed by atoms with Crippen LogP contribution < -0.4 is 4.90 Å². The number of esters is 1. The molecule has 4 aromatic rings. The summed E-state index contributed by atoms with van der Waals surface area (Å²) in [5, 5.41) is 1.98. The lowest BCUT2D eigenvalue weighted by Crippen LogP contribution is -2.27. The molecular weight excluding hydrogens is 364 g/mol. The number of furan rings is 1. The first kappa shape index (κ1) is 17.7. The monoisotopic (exact) mass is 386 g/mol. The van der Waals surface area contributed by atoms with Crippen molar-refractivity contribution in [1.82, 2.24) is 4.98 Å². The number of carbonyl (C=O) groups is 1. The van der Waals surface area contributed by atoms with Crippen LogP contribution in [0.5, 0.6) is 0 Å². The van der Waals surface area contributed by atoms with E-state index in [1.807, 2.05) is 30.3 Å². The number of benzene rings is 2. The summed E-state index contributed by atoms with van der Waals surface area (Å²) in [6, 6.07) is 16.1. The van der Waals surface area contributed by atoms with Crippen molar-refractivity contribution in [2.75, 3.05) is 18.6 Å². The highest BCUT2D eigenvalue weighted by molar-refractivity contribution is 6.00. The van der Waals surface area contributed by atoms with Gasteiger partial charge in [-0.3, -0.25) is 0 Å². The molecule has 1 aliphatic rings. The Labute approximate surface area is 168 Å². The Kier molecular flexibility index (Phi) is 4.23. The molecule has 1 atom stereocenters. The van der Waals surface area contributed by atoms with Crippen LogP contribution in [-0.2, 0) is 4.74 Å². The van der Waals surface area contributed by atoms with Crippen molar-refractivity contribution in [3.05, 3.63) is 60.4 Å². The van der Waals surface area contributed by atoms with Gasteiger partial charge >= 0.3 is 5.97 Å². The average Bonchev–Trinajstić information content (AvgIpc) is 3.38. The van der Waals surface area contributed by atoms with Crippen LogP contribution in [0.4, 0.5) is 5.69 Å². The summed E-state index contributed by atoms with van der Waals surface area (Å²) >= 11 is 0. The standard InChI is InChI=1S/C24H22N2O3/c1-15-6-5-11-26(15)21-13-17-12-16(24(27)28-2)9-10-20(17)25-23(21)19-14-29-22-8-4-3-7-18(19)22/h3-4,7-10,12-15H,5-6,11H2,1-2H3/t15-/m0/s1. The van der Waals surface area contributed by atoms with Gasteiger partial charge in [0.2, 0.25) is 0 Å². The summed E-state index contributed by atoms with van der Waals surface area (Å²) in [6.07, 6.45) is 4.12. The Balaban J connectivity index is 1.76. The van der Waals surface area contributed by atoms with E-state index in [1.54, 1.807) is 12.3 Å². The topological polar surface area (TPSA) is 55.6 Å². The van der Waals surface area contributed by atoms with E-state index < -0.39 is 0 Å². The molecule has 0 spiro atoms. The van der Waals surface area contributed by atoms with Gasteiger partial charge in [-0.2, -0.15) is 0 Å². The fourth-order valence-electron chi connectivity index (χ4n) is 4.28. The van der Waals surface area contributed by atoms with E-state index in [4.69, 9.17) is 14.1 Å². The quantitative estimate of drug-likeness (QED) is 0.440. The third kappa shape index (κ3) is 2.94. The number of ether oxygens (including phenoxy) is 1. The van der Waals surface area contributed by atoms with Crippen molar-refractivity contribution in [2.45, 2.75) is 25.8 Å². The number of fused-ring (bicyclic) bond motifs is 2. The number of aromatic nitrogens is 1. The van der Waals surface area contributed by atoms with Gasteiger partial charge in [-0.05, 0) is 50.1 Å². The zero-order valence-corrected chi connectivity index (χ0v) is 16.5. The zero-order chi connectivity index (χ0) is 20.0. The zero-order valence-electron chi connectivity index (χ0n) is 16.5. The molecule has 146 valence electrons. The number of methoxy groups -OCH3 is 1. The molecule has 29 heavy (non-hydrogen) atoms. The Bertz CT molecular complexity index is 1230. The molecule has 0 saturated carbocycles. The third-order valence-electron chi connectivity index (χ3n) is 5.81.